The number of carbonyl (C=O) groups excluding carboxylic acids is 3. The monoisotopic (exact) mass is 419 g/mol. The summed E-state index contributed by atoms with van der Waals surface area (Å²) in [5.41, 5.74) is 2.05. The third-order valence-corrected chi connectivity index (χ3v) is 5.21. The van der Waals surface area contributed by atoms with E-state index >= 15 is 0 Å². The molecule has 0 spiro atoms. The molecular weight excluding hydrogens is 402 g/mol. The van der Waals surface area contributed by atoms with Crippen LogP contribution in [0.15, 0.2) is 60.8 Å². The fraction of sp³-hybridized carbons (Fsp3) is 0.0952. The Bertz CT molecular complexity index is 1220. The minimum Gasteiger partial charge on any atom is -0.360 e. The molecule has 3 N–H and O–H groups in total. The van der Waals surface area contributed by atoms with E-state index in [1.54, 1.807) is 12.1 Å². The molecule has 0 aliphatic rings. The summed E-state index contributed by atoms with van der Waals surface area (Å²) in [4.78, 5) is 39.9. The molecule has 8 nitrogen and oxygen atoms in total. The fourth-order valence-corrected chi connectivity index (χ4v) is 3.64. The Morgan fingerprint density at radius 2 is 1.73 bits per heavy atom. The summed E-state index contributed by atoms with van der Waals surface area (Å²) in [5.74, 6) is -1.69. The molecule has 0 bridgehead atoms. The lowest BCUT2D eigenvalue weighted by atomic mass is 10.1. The van der Waals surface area contributed by atoms with E-state index in [0.717, 1.165) is 22.4 Å². The molecule has 2 aromatic carbocycles. The third kappa shape index (κ3) is 4.41. The number of carbonyl (C=O) groups is 3. The Labute approximate surface area is 175 Å². The number of para-hydroxylation sites is 1. The van der Waals surface area contributed by atoms with Crippen LogP contribution in [-0.4, -0.2) is 32.8 Å². The number of nitrogens with zero attached hydrogens (tertiary/aromatic N) is 2. The normalized spacial score (nSPS) is 10.7. The Kier molecular flexibility index (Phi) is 5.62. The van der Waals surface area contributed by atoms with Crippen LogP contribution >= 0.6 is 11.3 Å². The molecule has 0 saturated carbocycles. The van der Waals surface area contributed by atoms with Gasteiger partial charge in [0.2, 0.25) is 11.0 Å². The van der Waals surface area contributed by atoms with Gasteiger partial charge in [0.25, 0.3) is 11.7 Å². The van der Waals surface area contributed by atoms with E-state index in [2.05, 4.69) is 25.8 Å². The predicted octanol–water partition coefficient (Wildman–Crippen LogP) is 2.70. The number of nitrogens with one attached hydrogen (secondary N) is 3. The fourth-order valence-electron chi connectivity index (χ4n) is 2.91. The van der Waals surface area contributed by atoms with Crippen molar-refractivity contribution < 1.29 is 14.4 Å². The maximum absolute atomic E-state index is 12.5. The molecule has 30 heavy (non-hydrogen) atoms. The molecule has 9 heteroatoms. The van der Waals surface area contributed by atoms with Crippen molar-refractivity contribution >= 4 is 45.0 Å². The average Bonchev–Trinajstić information content (AvgIpc) is 3.39. The number of H-pyrrole nitrogens is 1. The molecule has 0 aliphatic heterocycles. The highest BCUT2D eigenvalue weighted by Gasteiger charge is 2.21. The van der Waals surface area contributed by atoms with Gasteiger partial charge in [-0.3, -0.25) is 19.7 Å². The van der Waals surface area contributed by atoms with Gasteiger partial charge < -0.3 is 10.3 Å². The number of hydrogen-bond acceptors (Lipinski definition) is 6. The van der Waals surface area contributed by atoms with Crippen molar-refractivity contribution in [3.05, 3.63) is 76.9 Å². The molecule has 0 aliphatic carbocycles. The van der Waals surface area contributed by atoms with Crippen molar-refractivity contribution in [1.82, 2.24) is 20.5 Å². The largest absolute Gasteiger partial charge is 0.360 e. The number of aromatic amines is 1. The van der Waals surface area contributed by atoms with E-state index < -0.39 is 11.7 Å². The zero-order valence-corrected chi connectivity index (χ0v) is 16.5. The quantitative estimate of drug-likeness (QED) is 0.315. The highest BCUT2D eigenvalue weighted by Crippen LogP contribution is 2.20. The molecule has 0 unspecified atom stereocenters. The van der Waals surface area contributed by atoms with Crippen LogP contribution in [-0.2, 0) is 22.6 Å². The van der Waals surface area contributed by atoms with Crippen LogP contribution in [0.4, 0.5) is 5.13 Å². The molecule has 0 atom stereocenters. The highest BCUT2D eigenvalue weighted by molar-refractivity contribution is 7.15. The van der Waals surface area contributed by atoms with Gasteiger partial charge in [-0.25, -0.2) is 0 Å². The minimum atomic E-state index is -0.809. The van der Waals surface area contributed by atoms with Gasteiger partial charge in [-0.1, -0.05) is 59.9 Å². The summed E-state index contributed by atoms with van der Waals surface area (Å²) in [7, 11) is 0. The summed E-state index contributed by atoms with van der Waals surface area (Å²) in [6, 6.07) is 16.8. The molecule has 0 radical (unpaired) electrons. The number of aromatic nitrogens is 3. The number of rotatable bonds is 7. The van der Waals surface area contributed by atoms with Crippen LogP contribution in [0.5, 0.6) is 0 Å². The second kappa shape index (κ2) is 8.66. The molecule has 2 amide bonds. The van der Waals surface area contributed by atoms with E-state index in [1.165, 1.54) is 6.20 Å². The van der Waals surface area contributed by atoms with Crippen molar-refractivity contribution in [2.45, 2.75) is 13.0 Å². The maximum atomic E-state index is 12.5. The van der Waals surface area contributed by atoms with E-state index in [-0.39, 0.29) is 23.0 Å². The van der Waals surface area contributed by atoms with Crippen LogP contribution in [0.3, 0.4) is 0 Å². The molecule has 0 fully saturated rings. The SMILES string of the molecule is O=C(Cc1nnc(NC(=O)C(=O)c2c[nH]c3ccccc23)s1)NCc1ccccc1. The van der Waals surface area contributed by atoms with E-state index in [1.807, 2.05) is 42.5 Å². The highest BCUT2D eigenvalue weighted by atomic mass is 32.1. The molecule has 0 saturated heterocycles. The summed E-state index contributed by atoms with van der Waals surface area (Å²) in [6.45, 7) is 0.418. The predicted molar refractivity (Wildman–Crippen MR) is 113 cm³/mol. The third-order valence-electron chi connectivity index (χ3n) is 4.37. The topological polar surface area (TPSA) is 117 Å². The van der Waals surface area contributed by atoms with Crippen LogP contribution in [0.25, 0.3) is 10.9 Å². The Morgan fingerprint density at radius 1 is 0.967 bits per heavy atom. The van der Waals surface area contributed by atoms with E-state index in [4.69, 9.17) is 0 Å². The number of hydrogen-bond donors (Lipinski definition) is 3. The number of amides is 2. The second-order valence-electron chi connectivity index (χ2n) is 6.47. The summed E-state index contributed by atoms with van der Waals surface area (Å²) in [6.07, 6.45) is 1.55. The van der Waals surface area contributed by atoms with Gasteiger partial charge >= 0.3 is 0 Å². The van der Waals surface area contributed by atoms with Crippen LogP contribution < -0.4 is 10.6 Å². The van der Waals surface area contributed by atoms with Crippen LogP contribution in [0.1, 0.15) is 20.9 Å². The number of ketones is 1. The minimum absolute atomic E-state index is 0.0385. The van der Waals surface area contributed by atoms with Crippen molar-refractivity contribution in [3.8, 4) is 0 Å². The van der Waals surface area contributed by atoms with E-state index in [9.17, 15) is 14.4 Å². The Morgan fingerprint density at radius 3 is 2.57 bits per heavy atom. The van der Waals surface area contributed by atoms with Gasteiger partial charge in [0.05, 0.1) is 12.0 Å². The average molecular weight is 419 g/mol. The van der Waals surface area contributed by atoms with Crippen LogP contribution in [0.2, 0.25) is 0 Å². The first-order chi connectivity index (χ1) is 14.6. The Hall–Kier alpha value is -3.85. The van der Waals surface area contributed by atoms with Gasteiger partial charge in [-0.15, -0.1) is 10.2 Å². The van der Waals surface area contributed by atoms with Crippen molar-refractivity contribution in [2.24, 2.45) is 0 Å². The van der Waals surface area contributed by atoms with Gasteiger partial charge in [0.1, 0.15) is 5.01 Å². The van der Waals surface area contributed by atoms with Gasteiger partial charge in [-0.05, 0) is 11.6 Å². The number of Topliss-reactive ketones (excluding diaryl/α,β-unsaturated/α-hetero) is 1. The number of benzene rings is 2. The number of fused-ring (bicyclic) bond motifs is 1. The summed E-state index contributed by atoms with van der Waals surface area (Å²) >= 11 is 1.05. The zero-order chi connectivity index (χ0) is 20.9. The molecule has 150 valence electrons. The van der Waals surface area contributed by atoms with Gasteiger partial charge in [0, 0.05) is 23.6 Å². The van der Waals surface area contributed by atoms with Crippen molar-refractivity contribution in [2.75, 3.05) is 5.32 Å². The standard InChI is InChI=1S/C21H17N5O3S/c27-17(23-11-13-6-2-1-3-7-13)10-18-25-26-21(30-18)24-20(29)19(28)15-12-22-16-9-5-4-8-14(15)16/h1-9,12,22H,10-11H2,(H,23,27)(H,24,26,29). The van der Waals surface area contributed by atoms with Crippen molar-refractivity contribution in [1.29, 1.82) is 0 Å². The molecule has 2 aromatic heterocycles. The van der Waals surface area contributed by atoms with Gasteiger partial charge in [-0.2, -0.15) is 0 Å². The lowest BCUT2D eigenvalue weighted by Gasteiger charge is -2.03. The first kappa shape index (κ1) is 19.5. The molecular formula is C21H17N5O3S. The lowest BCUT2D eigenvalue weighted by Crippen LogP contribution is -2.24. The second-order valence-corrected chi connectivity index (χ2v) is 7.53. The van der Waals surface area contributed by atoms with E-state index in [0.29, 0.717) is 16.9 Å². The maximum Gasteiger partial charge on any atom is 0.298 e. The molecule has 4 aromatic rings. The smallest absolute Gasteiger partial charge is 0.298 e. The molecule has 4 rings (SSSR count). The number of anilines is 1. The molecule has 2 heterocycles. The Balaban J connectivity index is 1.34. The zero-order valence-electron chi connectivity index (χ0n) is 15.7. The lowest BCUT2D eigenvalue weighted by molar-refractivity contribution is -0.120. The summed E-state index contributed by atoms with van der Waals surface area (Å²) in [5, 5.41) is 14.3. The van der Waals surface area contributed by atoms with Crippen LogP contribution in [0, 0.1) is 0 Å². The first-order valence-electron chi connectivity index (χ1n) is 9.15. The van der Waals surface area contributed by atoms with Gasteiger partial charge in [0.15, 0.2) is 0 Å². The summed E-state index contributed by atoms with van der Waals surface area (Å²) < 4.78 is 0. The first-order valence-corrected chi connectivity index (χ1v) is 9.96. The van der Waals surface area contributed by atoms with Crippen molar-refractivity contribution in [3.63, 3.8) is 0 Å².